The van der Waals surface area contributed by atoms with E-state index in [0.717, 1.165) is 10.7 Å². The van der Waals surface area contributed by atoms with Crippen LogP contribution < -0.4 is 4.74 Å². The summed E-state index contributed by atoms with van der Waals surface area (Å²) in [5.41, 5.74) is 1.57. The number of nitrogens with zero attached hydrogens (tertiary/aromatic N) is 2. The molecule has 0 aliphatic carbocycles. The number of aryl methyl sites for hydroxylation is 1. The summed E-state index contributed by atoms with van der Waals surface area (Å²) >= 11 is 7.66. The molecule has 0 aliphatic heterocycles. The van der Waals surface area contributed by atoms with Gasteiger partial charge in [-0.15, -0.1) is 11.3 Å². The molecule has 0 spiro atoms. The van der Waals surface area contributed by atoms with Crippen molar-refractivity contribution in [1.82, 2.24) is 9.88 Å². The first-order valence-electron chi connectivity index (χ1n) is 6.46. The third-order valence-electron chi connectivity index (χ3n) is 2.99. The molecule has 6 heteroatoms. The second-order valence-electron chi connectivity index (χ2n) is 4.80. The molecule has 2 rings (SSSR count). The lowest BCUT2D eigenvalue weighted by Gasteiger charge is -2.14. The van der Waals surface area contributed by atoms with E-state index in [9.17, 15) is 4.79 Å². The molecule has 0 amide bonds. The highest BCUT2D eigenvalue weighted by atomic mass is 35.5. The van der Waals surface area contributed by atoms with Gasteiger partial charge in [-0.05, 0) is 32.2 Å². The lowest BCUT2D eigenvalue weighted by Crippen LogP contribution is -2.25. The van der Waals surface area contributed by atoms with Crippen LogP contribution in [0.15, 0.2) is 23.6 Å². The number of thiazole rings is 1. The smallest absolute Gasteiger partial charge is 0.176 e. The molecule has 0 aliphatic rings. The van der Waals surface area contributed by atoms with Gasteiger partial charge >= 0.3 is 0 Å². The largest absolute Gasteiger partial charge is 0.495 e. The molecule has 0 saturated carbocycles. The molecule has 1 aromatic carbocycles. The standard InChI is InChI=1S/C15H17ClN2O2S/c1-10-17-12(9-21-10)7-18(2)8-14(19)11-4-5-15(20-3)13(16)6-11/h4-6,9H,7-8H2,1-3H3. The SMILES string of the molecule is COc1ccc(C(=O)CN(C)Cc2csc(C)n2)cc1Cl. The zero-order valence-corrected chi connectivity index (χ0v) is 13.8. The van der Waals surface area contributed by atoms with Crippen LogP contribution in [0, 0.1) is 6.92 Å². The molecule has 0 unspecified atom stereocenters. The lowest BCUT2D eigenvalue weighted by molar-refractivity contribution is 0.0942. The number of halogens is 1. The lowest BCUT2D eigenvalue weighted by atomic mass is 10.1. The van der Waals surface area contributed by atoms with Gasteiger partial charge in [-0.3, -0.25) is 9.69 Å². The zero-order chi connectivity index (χ0) is 15.4. The molecule has 1 aromatic heterocycles. The topological polar surface area (TPSA) is 42.4 Å². The fourth-order valence-corrected chi connectivity index (χ4v) is 2.85. The van der Waals surface area contributed by atoms with E-state index < -0.39 is 0 Å². The summed E-state index contributed by atoms with van der Waals surface area (Å²) in [6.45, 7) is 2.94. The van der Waals surface area contributed by atoms with Crippen molar-refractivity contribution in [3.05, 3.63) is 44.9 Å². The van der Waals surface area contributed by atoms with Crippen LogP contribution in [0.3, 0.4) is 0 Å². The van der Waals surface area contributed by atoms with Crippen LogP contribution in [0.2, 0.25) is 5.02 Å². The van der Waals surface area contributed by atoms with E-state index in [1.165, 1.54) is 0 Å². The van der Waals surface area contributed by atoms with Crippen molar-refractivity contribution in [2.75, 3.05) is 20.7 Å². The molecule has 0 fully saturated rings. The summed E-state index contributed by atoms with van der Waals surface area (Å²) in [5.74, 6) is 0.591. The van der Waals surface area contributed by atoms with Crippen molar-refractivity contribution < 1.29 is 9.53 Å². The predicted molar refractivity (Wildman–Crippen MR) is 85.5 cm³/mol. The number of ether oxygens (including phenoxy) is 1. The van der Waals surface area contributed by atoms with Gasteiger partial charge < -0.3 is 4.74 Å². The maximum absolute atomic E-state index is 12.2. The Labute approximate surface area is 133 Å². The van der Waals surface area contributed by atoms with E-state index in [0.29, 0.717) is 29.4 Å². The van der Waals surface area contributed by atoms with Gasteiger partial charge in [-0.2, -0.15) is 0 Å². The van der Waals surface area contributed by atoms with Gasteiger partial charge in [0.15, 0.2) is 5.78 Å². The second kappa shape index (κ2) is 7.02. The molecule has 0 saturated heterocycles. The third kappa shape index (κ3) is 4.27. The average molecular weight is 325 g/mol. The highest BCUT2D eigenvalue weighted by Gasteiger charge is 2.12. The van der Waals surface area contributed by atoms with Crippen LogP contribution in [0.4, 0.5) is 0 Å². The molecule has 4 nitrogen and oxygen atoms in total. The zero-order valence-electron chi connectivity index (χ0n) is 12.2. The van der Waals surface area contributed by atoms with Crippen LogP contribution in [-0.2, 0) is 6.54 Å². The Kier molecular flexibility index (Phi) is 5.33. The van der Waals surface area contributed by atoms with Crippen molar-refractivity contribution in [3.63, 3.8) is 0 Å². The number of aromatic nitrogens is 1. The minimum absolute atomic E-state index is 0.0222. The molecule has 0 atom stereocenters. The van der Waals surface area contributed by atoms with Crippen molar-refractivity contribution in [2.45, 2.75) is 13.5 Å². The van der Waals surface area contributed by atoms with E-state index >= 15 is 0 Å². The summed E-state index contributed by atoms with van der Waals surface area (Å²) in [4.78, 5) is 18.6. The number of hydrogen-bond donors (Lipinski definition) is 0. The van der Waals surface area contributed by atoms with E-state index in [1.807, 2.05) is 24.3 Å². The highest BCUT2D eigenvalue weighted by molar-refractivity contribution is 7.09. The normalized spacial score (nSPS) is 10.9. The Bertz CT molecular complexity index is 642. The Hall–Kier alpha value is -1.43. The molecule has 112 valence electrons. The Morgan fingerprint density at radius 2 is 2.24 bits per heavy atom. The summed E-state index contributed by atoms with van der Waals surface area (Å²) in [7, 11) is 3.45. The summed E-state index contributed by atoms with van der Waals surface area (Å²) in [6, 6.07) is 5.08. The molecule has 0 radical (unpaired) electrons. The van der Waals surface area contributed by atoms with Gasteiger partial charge in [0.05, 0.1) is 29.4 Å². The maximum Gasteiger partial charge on any atom is 0.176 e. The molecule has 21 heavy (non-hydrogen) atoms. The Morgan fingerprint density at radius 3 is 2.81 bits per heavy atom. The minimum atomic E-state index is 0.0222. The van der Waals surface area contributed by atoms with Gasteiger partial charge in [-0.1, -0.05) is 11.6 Å². The van der Waals surface area contributed by atoms with E-state index in [4.69, 9.17) is 16.3 Å². The predicted octanol–water partition coefficient (Wildman–Crippen LogP) is 3.43. The minimum Gasteiger partial charge on any atom is -0.495 e. The van der Waals surface area contributed by atoms with Gasteiger partial charge in [0.25, 0.3) is 0 Å². The summed E-state index contributed by atoms with van der Waals surface area (Å²) in [6.07, 6.45) is 0. The van der Waals surface area contributed by atoms with Crippen molar-refractivity contribution in [3.8, 4) is 5.75 Å². The molecule has 1 heterocycles. The molecular formula is C15H17ClN2O2S. The molecule has 0 N–H and O–H groups in total. The second-order valence-corrected chi connectivity index (χ2v) is 6.27. The first-order valence-corrected chi connectivity index (χ1v) is 7.71. The highest BCUT2D eigenvalue weighted by Crippen LogP contribution is 2.25. The average Bonchev–Trinajstić information content (AvgIpc) is 2.83. The Morgan fingerprint density at radius 1 is 1.48 bits per heavy atom. The van der Waals surface area contributed by atoms with Gasteiger partial charge in [0.1, 0.15) is 5.75 Å². The van der Waals surface area contributed by atoms with E-state index in [2.05, 4.69) is 4.98 Å². The first-order chi connectivity index (χ1) is 9.99. The van der Waals surface area contributed by atoms with Crippen molar-refractivity contribution in [2.24, 2.45) is 0 Å². The molecule has 0 bridgehead atoms. The van der Waals surface area contributed by atoms with Crippen molar-refractivity contribution in [1.29, 1.82) is 0 Å². The number of methoxy groups -OCH3 is 1. The fraction of sp³-hybridized carbons (Fsp3) is 0.333. The Balaban J connectivity index is 1.98. The number of likely N-dealkylation sites (N-methyl/N-ethyl adjacent to an activating group) is 1. The van der Waals surface area contributed by atoms with Gasteiger partial charge in [-0.25, -0.2) is 4.98 Å². The number of hydrogen-bond acceptors (Lipinski definition) is 5. The monoisotopic (exact) mass is 324 g/mol. The van der Waals surface area contributed by atoms with Crippen molar-refractivity contribution >= 4 is 28.7 Å². The number of ketones is 1. The van der Waals surface area contributed by atoms with Crippen LogP contribution in [0.1, 0.15) is 21.1 Å². The first kappa shape index (κ1) is 15.9. The van der Waals surface area contributed by atoms with E-state index in [1.54, 1.807) is 36.6 Å². The van der Waals surface area contributed by atoms with Gasteiger partial charge in [0.2, 0.25) is 0 Å². The van der Waals surface area contributed by atoms with Gasteiger partial charge in [0, 0.05) is 17.5 Å². The maximum atomic E-state index is 12.2. The van der Waals surface area contributed by atoms with Crippen LogP contribution in [0.25, 0.3) is 0 Å². The van der Waals surface area contributed by atoms with Crippen LogP contribution in [0.5, 0.6) is 5.75 Å². The third-order valence-corrected chi connectivity index (χ3v) is 4.10. The van der Waals surface area contributed by atoms with Crippen LogP contribution >= 0.6 is 22.9 Å². The number of benzene rings is 1. The summed E-state index contributed by atoms with van der Waals surface area (Å²) in [5, 5.41) is 3.49. The summed E-state index contributed by atoms with van der Waals surface area (Å²) < 4.78 is 5.08. The number of carbonyl (C=O) groups excluding carboxylic acids is 1. The number of carbonyl (C=O) groups is 1. The fourth-order valence-electron chi connectivity index (χ4n) is 1.99. The molecule has 2 aromatic rings. The number of rotatable bonds is 6. The van der Waals surface area contributed by atoms with E-state index in [-0.39, 0.29) is 5.78 Å². The quantitative estimate of drug-likeness (QED) is 0.763. The molecular weight excluding hydrogens is 308 g/mol. The van der Waals surface area contributed by atoms with Crippen LogP contribution in [-0.4, -0.2) is 36.4 Å². The number of Topliss-reactive ketones (excluding diaryl/α,β-unsaturated/α-hetero) is 1.